The molecule has 0 spiro atoms. The molecule has 3 saturated carbocycles. The van der Waals surface area contributed by atoms with Gasteiger partial charge in [0.25, 0.3) is 5.91 Å². The lowest BCUT2D eigenvalue weighted by Gasteiger charge is -2.45. The van der Waals surface area contributed by atoms with Crippen molar-refractivity contribution in [2.75, 3.05) is 6.54 Å². The van der Waals surface area contributed by atoms with Crippen LogP contribution in [-0.4, -0.2) is 56.5 Å². The van der Waals surface area contributed by atoms with E-state index >= 15 is 0 Å². The largest absolute Gasteiger partial charge is 0.416 e. The maximum absolute atomic E-state index is 13.4. The zero-order valence-corrected chi connectivity index (χ0v) is 27.8. The number of aliphatic hydroxyl groups excluding tert-OH is 2. The number of hydrogen-bond donors (Lipinski definition) is 3. The molecule has 48 heavy (non-hydrogen) atoms. The second kappa shape index (κ2) is 13.2. The van der Waals surface area contributed by atoms with Crippen LogP contribution < -0.4 is 0 Å². The second-order valence-corrected chi connectivity index (χ2v) is 15.2. The summed E-state index contributed by atoms with van der Waals surface area (Å²) in [6.07, 6.45) is -0.932. The minimum atomic E-state index is -4.96. The molecule has 0 bridgehead atoms. The van der Waals surface area contributed by atoms with Crippen LogP contribution in [0.4, 0.5) is 26.3 Å². The standard InChI is InChI=1S/C37H47F6NO4/c1-21(30-9-10-31-24(6-5-12-34(30,31)3)7-8-25-17-29(45)19-32(46)22(25)2)14-28-20-35(4,48)33(47)44(28)13-11-23-15-26(36(38,39)40)18-27(16-23)37(41,42)43/h7-8,15-16,18,21,28-32,45-46,48H,2,5-6,9-14,17,19-20H2,1,3-4H3/b24-7+,25-8-/t21-,28+,29-,30-,31+,32+,34-,35-/m1/s1. The van der Waals surface area contributed by atoms with Gasteiger partial charge in [0.2, 0.25) is 0 Å². The fourth-order valence-electron chi connectivity index (χ4n) is 9.31. The molecule has 8 atom stereocenters. The maximum atomic E-state index is 13.4. The van der Waals surface area contributed by atoms with Gasteiger partial charge in [-0.3, -0.25) is 4.79 Å². The second-order valence-electron chi connectivity index (χ2n) is 15.2. The van der Waals surface area contributed by atoms with E-state index in [1.807, 2.05) is 6.08 Å². The Hall–Kier alpha value is -2.63. The first kappa shape index (κ1) is 36.6. The summed E-state index contributed by atoms with van der Waals surface area (Å²) in [5.74, 6) is 0.234. The number of benzene rings is 1. The van der Waals surface area contributed by atoms with Gasteiger partial charge in [-0.25, -0.2) is 0 Å². The van der Waals surface area contributed by atoms with Gasteiger partial charge in [0, 0.05) is 25.4 Å². The first-order chi connectivity index (χ1) is 22.2. The molecular weight excluding hydrogens is 636 g/mol. The zero-order valence-electron chi connectivity index (χ0n) is 27.8. The van der Waals surface area contributed by atoms with Crippen LogP contribution in [0, 0.1) is 23.2 Å². The van der Waals surface area contributed by atoms with Gasteiger partial charge >= 0.3 is 12.4 Å². The molecule has 5 rings (SSSR count). The molecule has 1 heterocycles. The van der Waals surface area contributed by atoms with E-state index in [1.54, 1.807) is 0 Å². The molecule has 1 amide bonds. The Morgan fingerprint density at radius 3 is 2.31 bits per heavy atom. The number of hydrogen-bond acceptors (Lipinski definition) is 4. The number of fused-ring (bicyclic) bond motifs is 1. The number of carbonyl (C=O) groups is 1. The van der Waals surface area contributed by atoms with E-state index in [1.165, 1.54) is 17.4 Å². The number of rotatable bonds is 7. The van der Waals surface area contributed by atoms with Gasteiger partial charge < -0.3 is 20.2 Å². The Balaban J connectivity index is 1.31. The molecule has 1 aliphatic heterocycles. The number of alkyl halides is 6. The lowest BCUT2D eigenvalue weighted by Crippen LogP contribution is -2.41. The van der Waals surface area contributed by atoms with Crippen molar-refractivity contribution in [3.63, 3.8) is 0 Å². The Labute approximate surface area is 278 Å². The molecule has 0 unspecified atom stereocenters. The molecule has 3 aliphatic carbocycles. The summed E-state index contributed by atoms with van der Waals surface area (Å²) in [6.45, 7) is 9.79. The minimum Gasteiger partial charge on any atom is -0.393 e. The third-order valence-electron chi connectivity index (χ3n) is 11.7. The summed E-state index contributed by atoms with van der Waals surface area (Å²) in [4.78, 5) is 14.7. The number of allylic oxidation sites excluding steroid dienone is 3. The molecule has 0 aromatic heterocycles. The number of aliphatic hydroxyl groups is 3. The zero-order chi connectivity index (χ0) is 35.4. The highest BCUT2D eigenvalue weighted by atomic mass is 19.4. The Morgan fingerprint density at radius 2 is 1.69 bits per heavy atom. The van der Waals surface area contributed by atoms with E-state index in [2.05, 4.69) is 26.5 Å². The summed E-state index contributed by atoms with van der Waals surface area (Å²) in [5, 5.41) is 31.4. The molecule has 266 valence electrons. The molecule has 11 heteroatoms. The van der Waals surface area contributed by atoms with Crippen molar-refractivity contribution in [2.24, 2.45) is 23.2 Å². The monoisotopic (exact) mass is 683 g/mol. The Bertz CT molecular complexity index is 1430. The van der Waals surface area contributed by atoms with Gasteiger partial charge in [0.05, 0.1) is 23.3 Å². The van der Waals surface area contributed by atoms with Crippen LogP contribution in [0.5, 0.6) is 0 Å². The quantitative estimate of drug-likeness (QED) is 0.257. The van der Waals surface area contributed by atoms with E-state index in [9.17, 15) is 46.5 Å². The number of nitrogens with zero attached hydrogens (tertiary/aromatic N) is 1. The molecule has 0 radical (unpaired) electrons. The Morgan fingerprint density at radius 1 is 1.04 bits per heavy atom. The highest BCUT2D eigenvalue weighted by Gasteiger charge is 2.53. The molecule has 1 aromatic carbocycles. The molecule has 4 fully saturated rings. The lowest BCUT2D eigenvalue weighted by atomic mass is 9.60. The average molecular weight is 684 g/mol. The van der Waals surface area contributed by atoms with Crippen molar-refractivity contribution in [1.29, 1.82) is 0 Å². The fourth-order valence-corrected chi connectivity index (χ4v) is 9.31. The summed E-state index contributed by atoms with van der Waals surface area (Å²) >= 11 is 0. The molecular formula is C37H47F6NO4. The van der Waals surface area contributed by atoms with Gasteiger partial charge in [-0.1, -0.05) is 38.2 Å². The predicted molar refractivity (Wildman–Crippen MR) is 169 cm³/mol. The van der Waals surface area contributed by atoms with E-state index < -0.39 is 53.2 Å². The van der Waals surface area contributed by atoms with Crippen molar-refractivity contribution >= 4 is 5.91 Å². The van der Waals surface area contributed by atoms with Crippen LogP contribution in [0.25, 0.3) is 0 Å². The summed E-state index contributed by atoms with van der Waals surface area (Å²) < 4.78 is 80.7. The first-order valence-corrected chi connectivity index (χ1v) is 17.0. The fraction of sp³-hybridized carbons (Fsp3) is 0.649. The van der Waals surface area contributed by atoms with Gasteiger partial charge in [-0.15, -0.1) is 0 Å². The van der Waals surface area contributed by atoms with Crippen LogP contribution in [0.1, 0.15) is 95.2 Å². The first-order valence-electron chi connectivity index (χ1n) is 17.0. The van der Waals surface area contributed by atoms with Crippen LogP contribution in [0.15, 0.2) is 53.6 Å². The van der Waals surface area contributed by atoms with E-state index in [4.69, 9.17) is 0 Å². The topological polar surface area (TPSA) is 81.0 Å². The highest BCUT2D eigenvalue weighted by molar-refractivity contribution is 5.87. The number of likely N-dealkylation sites (tertiary alicyclic amines) is 1. The normalized spacial score (nSPS) is 35.5. The van der Waals surface area contributed by atoms with E-state index in [0.29, 0.717) is 42.4 Å². The number of halogens is 6. The molecule has 3 N–H and O–H groups in total. The lowest BCUT2D eigenvalue weighted by molar-refractivity contribution is -0.144. The molecule has 5 nitrogen and oxygen atoms in total. The minimum absolute atomic E-state index is 0.00734. The summed E-state index contributed by atoms with van der Waals surface area (Å²) in [7, 11) is 0. The smallest absolute Gasteiger partial charge is 0.393 e. The molecule has 1 aromatic rings. The average Bonchev–Trinajstić information content (AvgIpc) is 3.44. The predicted octanol–water partition coefficient (Wildman–Crippen LogP) is 7.79. The van der Waals surface area contributed by atoms with Crippen molar-refractivity contribution in [3.8, 4) is 0 Å². The summed E-state index contributed by atoms with van der Waals surface area (Å²) in [5.41, 5.74) is -1.78. The van der Waals surface area contributed by atoms with E-state index in [-0.39, 0.29) is 48.8 Å². The van der Waals surface area contributed by atoms with Gasteiger partial charge in [-0.2, -0.15) is 26.3 Å². The van der Waals surface area contributed by atoms with Crippen LogP contribution >= 0.6 is 0 Å². The van der Waals surface area contributed by atoms with Gasteiger partial charge in [-0.05, 0) is 116 Å². The van der Waals surface area contributed by atoms with Crippen molar-refractivity contribution in [2.45, 2.75) is 121 Å². The third kappa shape index (κ3) is 7.43. The molecule has 4 aliphatic rings. The van der Waals surface area contributed by atoms with Crippen LogP contribution in [-0.2, 0) is 23.6 Å². The highest BCUT2D eigenvalue weighted by Crippen LogP contribution is 2.60. The number of carbonyl (C=O) groups excluding carboxylic acids is 1. The SMILES string of the molecule is C=C1/C(=C\C=C2/CCC[C@]3(C)[C@@H]([C@H](C)C[C@H]4C[C@@](C)(O)C(=O)N4CCc4cc(C(F)(F)F)cc(C(F)(F)F)c4)CC[C@@H]23)C[C@@H](O)C[C@@H]1O. The van der Waals surface area contributed by atoms with Crippen molar-refractivity contribution in [3.05, 3.63) is 70.3 Å². The number of amides is 1. The molecule has 1 saturated heterocycles. The van der Waals surface area contributed by atoms with Gasteiger partial charge in [0.15, 0.2) is 0 Å². The van der Waals surface area contributed by atoms with Crippen LogP contribution in [0.3, 0.4) is 0 Å². The van der Waals surface area contributed by atoms with Gasteiger partial charge in [0.1, 0.15) is 5.60 Å². The summed E-state index contributed by atoms with van der Waals surface area (Å²) in [6, 6.07) is 1.09. The van der Waals surface area contributed by atoms with Crippen molar-refractivity contribution < 1.29 is 46.5 Å². The van der Waals surface area contributed by atoms with Crippen LogP contribution in [0.2, 0.25) is 0 Å². The maximum Gasteiger partial charge on any atom is 0.416 e. The third-order valence-corrected chi connectivity index (χ3v) is 11.7. The van der Waals surface area contributed by atoms with E-state index in [0.717, 1.165) is 37.7 Å². The van der Waals surface area contributed by atoms with Crippen molar-refractivity contribution in [1.82, 2.24) is 4.90 Å². The Kier molecular flexibility index (Phi) is 10.1.